The standard InChI is InChI=1S/C21H28N6O2/c1-4-26(5-2)19(20-23-24-25-27(20)13-16-7-6-10-29-16)17-12-15-11-14(3)8-9-18(15)22-21(17)28/h8-9,11-12,16,19H,4-7,10,13H2,1-3H3,(H,22,28). The van der Waals surface area contributed by atoms with Crippen molar-refractivity contribution in [2.45, 2.75) is 52.3 Å². The molecule has 0 aliphatic carbocycles. The van der Waals surface area contributed by atoms with Crippen LogP contribution in [-0.2, 0) is 11.3 Å². The minimum Gasteiger partial charge on any atom is -0.376 e. The zero-order valence-corrected chi connectivity index (χ0v) is 17.3. The number of hydrogen-bond acceptors (Lipinski definition) is 6. The average molecular weight is 396 g/mol. The summed E-state index contributed by atoms with van der Waals surface area (Å²) in [6.07, 6.45) is 2.18. The number of fused-ring (bicyclic) bond motifs is 1. The van der Waals surface area contributed by atoms with E-state index in [0.29, 0.717) is 17.9 Å². The summed E-state index contributed by atoms with van der Waals surface area (Å²) in [4.78, 5) is 18.3. The Morgan fingerprint density at radius 2 is 2.14 bits per heavy atom. The van der Waals surface area contributed by atoms with Crippen LogP contribution >= 0.6 is 0 Å². The van der Waals surface area contributed by atoms with Gasteiger partial charge in [-0.3, -0.25) is 9.69 Å². The molecule has 2 atom stereocenters. The van der Waals surface area contributed by atoms with Crippen LogP contribution in [0.5, 0.6) is 0 Å². The van der Waals surface area contributed by atoms with Gasteiger partial charge in [0.25, 0.3) is 5.56 Å². The number of ether oxygens (including phenoxy) is 1. The number of pyridine rings is 1. The maximum absolute atomic E-state index is 13.1. The van der Waals surface area contributed by atoms with Gasteiger partial charge in [-0.15, -0.1) is 5.10 Å². The van der Waals surface area contributed by atoms with Gasteiger partial charge in [-0.25, -0.2) is 4.68 Å². The van der Waals surface area contributed by atoms with Crippen LogP contribution in [-0.4, -0.2) is 55.9 Å². The van der Waals surface area contributed by atoms with Crippen molar-refractivity contribution in [1.29, 1.82) is 0 Å². The van der Waals surface area contributed by atoms with Gasteiger partial charge in [0.1, 0.15) is 6.04 Å². The van der Waals surface area contributed by atoms with Crippen LogP contribution in [0.3, 0.4) is 0 Å². The zero-order chi connectivity index (χ0) is 20.4. The Labute approximate surface area is 169 Å². The molecule has 4 rings (SSSR count). The molecule has 0 saturated carbocycles. The third-order valence-electron chi connectivity index (χ3n) is 5.71. The topological polar surface area (TPSA) is 88.9 Å². The van der Waals surface area contributed by atoms with E-state index in [2.05, 4.69) is 45.3 Å². The van der Waals surface area contributed by atoms with Crippen molar-refractivity contribution in [3.05, 3.63) is 51.6 Å². The molecular weight excluding hydrogens is 368 g/mol. The Kier molecular flexibility index (Phi) is 5.73. The van der Waals surface area contributed by atoms with Crippen LogP contribution in [0.2, 0.25) is 0 Å². The number of hydrogen-bond donors (Lipinski definition) is 1. The van der Waals surface area contributed by atoms with Gasteiger partial charge >= 0.3 is 0 Å². The molecule has 1 aliphatic heterocycles. The Hall–Kier alpha value is -2.58. The molecule has 2 unspecified atom stereocenters. The van der Waals surface area contributed by atoms with Crippen molar-refractivity contribution in [2.75, 3.05) is 19.7 Å². The van der Waals surface area contributed by atoms with E-state index < -0.39 is 0 Å². The van der Waals surface area contributed by atoms with Gasteiger partial charge in [0.05, 0.1) is 12.6 Å². The van der Waals surface area contributed by atoms with E-state index >= 15 is 0 Å². The monoisotopic (exact) mass is 396 g/mol. The predicted octanol–water partition coefficient (Wildman–Crippen LogP) is 2.43. The minimum atomic E-state index is -0.324. The van der Waals surface area contributed by atoms with Crippen molar-refractivity contribution in [3.63, 3.8) is 0 Å². The van der Waals surface area contributed by atoms with Gasteiger partial charge in [-0.05, 0) is 66.9 Å². The van der Waals surface area contributed by atoms with Crippen LogP contribution in [0.1, 0.15) is 49.7 Å². The fraction of sp³-hybridized carbons (Fsp3) is 0.524. The quantitative estimate of drug-likeness (QED) is 0.660. The Morgan fingerprint density at radius 1 is 1.31 bits per heavy atom. The van der Waals surface area contributed by atoms with E-state index in [1.807, 2.05) is 25.1 Å². The highest BCUT2D eigenvalue weighted by molar-refractivity contribution is 5.79. The number of H-pyrrole nitrogens is 1. The molecule has 8 heteroatoms. The van der Waals surface area contributed by atoms with Crippen LogP contribution in [0, 0.1) is 6.92 Å². The summed E-state index contributed by atoms with van der Waals surface area (Å²) in [5.74, 6) is 0.682. The third-order valence-corrected chi connectivity index (χ3v) is 5.71. The number of nitrogens with one attached hydrogen (secondary N) is 1. The van der Waals surface area contributed by atoms with Crippen LogP contribution in [0.4, 0.5) is 0 Å². The van der Waals surface area contributed by atoms with Crippen molar-refractivity contribution in [2.24, 2.45) is 0 Å². The summed E-state index contributed by atoms with van der Waals surface area (Å²) in [5.41, 5.74) is 2.54. The summed E-state index contributed by atoms with van der Waals surface area (Å²) in [7, 11) is 0. The fourth-order valence-electron chi connectivity index (χ4n) is 4.15. The molecule has 1 fully saturated rings. The molecule has 3 aromatic rings. The van der Waals surface area contributed by atoms with E-state index in [1.165, 1.54) is 0 Å². The van der Waals surface area contributed by atoms with Crippen molar-refractivity contribution < 1.29 is 4.74 Å². The lowest BCUT2D eigenvalue weighted by atomic mass is 10.0. The van der Waals surface area contributed by atoms with Gasteiger partial charge in [0.15, 0.2) is 5.82 Å². The lowest BCUT2D eigenvalue weighted by Crippen LogP contribution is -2.35. The lowest BCUT2D eigenvalue weighted by molar-refractivity contribution is 0.0910. The summed E-state index contributed by atoms with van der Waals surface area (Å²) in [6.45, 7) is 9.16. The molecule has 3 heterocycles. The van der Waals surface area contributed by atoms with E-state index in [1.54, 1.807) is 4.68 Å². The maximum atomic E-state index is 13.1. The molecule has 1 N–H and O–H groups in total. The van der Waals surface area contributed by atoms with Crippen molar-refractivity contribution in [1.82, 2.24) is 30.1 Å². The molecule has 0 radical (unpaired) electrons. The van der Waals surface area contributed by atoms with E-state index in [-0.39, 0.29) is 17.7 Å². The zero-order valence-electron chi connectivity index (χ0n) is 17.3. The molecule has 0 bridgehead atoms. The largest absolute Gasteiger partial charge is 0.376 e. The maximum Gasteiger partial charge on any atom is 0.253 e. The fourth-order valence-corrected chi connectivity index (χ4v) is 4.15. The highest BCUT2D eigenvalue weighted by Crippen LogP contribution is 2.27. The van der Waals surface area contributed by atoms with Gasteiger partial charge in [-0.1, -0.05) is 25.5 Å². The third kappa shape index (κ3) is 3.95. The van der Waals surface area contributed by atoms with Gasteiger partial charge < -0.3 is 9.72 Å². The molecule has 0 amide bonds. The summed E-state index contributed by atoms with van der Waals surface area (Å²) >= 11 is 0. The predicted molar refractivity (Wildman–Crippen MR) is 111 cm³/mol. The number of aromatic amines is 1. The van der Waals surface area contributed by atoms with Crippen LogP contribution < -0.4 is 5.56 Å². The smallest absolute Gasteiger partial charge is 0.253 e. The first-order valence-electron chi connectivity index (χ1n) is 10.4. The van der Waals surface area contributed by atoms with Gasteiger partial charge in [0.2, 0.25) is 0 Å². The number of rotatable bonds is 7. The molecule has 0 spiro atoms. The first kappa shape index (κ1) is 19.7. The Balaban J connectivity index is 1.81. The molecule has 1 aliphatic rings. The van der Waals surface area contributed by atoms with Crippen LogP contribution in [0.25, 0.3) is 10.9 Å². The Morgan fingerprint density at radius 3 is 2.86 bits per heavy atom. The molecular formula is C21H28N6O2. The van der Waals surface area contributed by atoms with Gasteiger partial charge in [-0.2, -0.15) is 0 Å². The van der Waals surface area contributed by atoms with E-state index in [4.69, 9.17) is 4.74 Å². The second-order valence-electron chi connectivity index (χ2n) is 7.62. The SMILES string of the molecule is CCN(CC)C(c1cc2cc(C)ccc2[nH]c1=O)c1nnnn1CC1CCCO1. The number of tetrazole rings is 1. The molecule has 2 aromatic heterocycles. The van der Waals surface area contributed by atoms with Crippen molar-refractivity contribution in [3.8, 4) is 0 Å². The van der Waals surface area contributed by atoms with Crippen LogP contribution in [0.15, 0.2) is 29.1 Å². The second kappa shape index (κ2) is 8.42. The average Bonchev–Trinajstić information content (AvgIpc) is 3.39. The Bertz CT molecular complexity index is 1030. The minimum absolute atomic E-state index is 0.107. The normalized spacial score (nSPS) is 18.0. The molecule has 8 nitrogen and oxygen atoms in total. The molecule has 1 aromatic carbocycles. The summed E-state index contributed by atoms with van der Waals surface area (Å²) < 4.78 is 7.58. The number of nitrogens with zero attached hydrogens (tertiary/aromatic N) is 5. The van der Waals surface area contributed by atoms with Gasteiger partial charge in [0, 0.05) is 17.7 Å². The van der Waals surface area contributed by atoms with E-state index in [9.17, 15) is 4.79 Å². The highest BCUT2D eigenvalue weighted by Gasteiger charge is 2.30. The molecule has 29 heavy (non-hydrogen) atoms. The summed E-state index contributed by atoms with van der Waals surface area (Å²) in [6, 6.07) is 7.69. The number of benzene rings is 1. The molecule has 1 saturated heterocycles. The lowest BCUT2D eigenvalue weighted by Gasteiger charge is -2.29. The summed E-state index contributed by atoms with van der Waals surface area (Å²) in [5, 5.41) is 13.5. The van der Waals surface area contributed by atoms with Crippen molar-refractivity contribution >= 4 is 10.9 Å². The molecule has 154 valence electrons. The first-order chi connectivity index (χ1) is 14.1. The van der Waals surface area contributed by atoms with E-state index in [0.717, 1.165) is 49.0 Å². The highest BCUT2D eigenvalue weighted by atomic mass is 16.5. The number of aromatic nitrogens is 5. The second-order valence-corrected chi connectivity index (χ2v) is 7.62. The first-order valence-corrected chi connectivity index (χ1v) is 10.4. The number of aryl methyl sites for hydroxylation is 1.